The number of piperidine rings is 1. The van der Waals surface area contributed by atoms with Gasteiger partial charge < -0.3 is 16.0 Å². The number of aromatic amines is 1. The van der Waals surface area contributed by atoms with E-state index in [4.69, 9.17) is 5.73 Å². The van der Waals surface area contributed by atoms with Crippen LogP contribution in [0.5, 0.6) is 0 Å². The number of pyridine rings is 2. The van der Waals surface area contributed by atoms with Gasteiger partial charge in [0, 0.05) is 42.5 Å². The Labute approximate surface area is 144 Å². The molecule has 4 N–H and O–H groups in total. The van der Waals surface area contributed by atoms with Crippen molar-refractivity contribution in [1.29, 1.82) is 0 Å². The molecule has 8 heteroatoms. The van der Waals surface area contributed by atoms with Gasteiger partial charge in [0.15, 0.2) is 5.82 Å². The Bertz CT molecular complexity index is 899. The van der Waals surface area contributed by atoms with E-state index in [1.54, 1.807) is 24.7 Å². The van der Waals surface area contributed by atoms with Crippen LogP contribution in [0.3, 0.4) is 0 Å². The predicted molar refractivity (Wildman–Crippen MR) is 95.5 cm³/mol. The molecule has 0 aromatic carbocycles. The third-order valence-corrected chi connectivity index (χ3v) is 4.47. The van der Waals surface area contributed by atoms with Crippen molar-refractivity contribution >= 4 is 28.4 Å². The van der Waals surface area contributed by atoms with Gasteiger partial charge in [-0.25, -0.2) is 4.98 Å². The third kappa shape index (κ3) is 3.16. The van der Waals surface area contributed by atoms with Gasteiger partial charge in [-0.1, -0.05) is 0 Å². The quantitative estimate of drug-likeness (QED) is 0.668. The molecule has 0 aliphatic carbocycles. The normalized spacial score (nSPS) is 15.5. The Morgan fingerprint density at radius 2 is 2.12 bits per heavy atom. The molecule has 0 unspecified atom stereocenters. The summed E-state index contributed by atoms with van der Waals surface area (Å²) in [4.78, 5) is 23.2. The molecule has 0 atom stereocenters. The van der Waals surface area contributed by atoms with Gasteiger partial charge in [0.05, 0.1) is 11.7 Å². The monoisotopic (exact) mass is 337 g/mol. The smallest absolute Gasteiger partial charge is 0.257 e. The Morgan fingerprint density at radius 3 is 2.96 bits per heavy atom. The third-order valence-electron chi connectivity index (χ3n) is 4.47. The van der Waals surface area contributed by atoms with E-state index in [1.165, 1.54) is 0 Å². The standard InChI is InChI=1S/C17H19N7O/c18-12-3-7-24(8-4-12)15-9-11(1-6-20-15)17(25)21-16-13-2-5-19-10-14(13)22-23-16/h1-2,5-6,9-10,12H,3-4,7-8,18H2,(H2,21,22,23,25). The Hall–Kier alpha value is -3.00. The maximum Gasteiger partial charge on any atom is 0.257 e. The molecule has 1 fully saturated rings. The maximum atomic E-state index is 12.6. The maximum absolute atomic E-state index is 12.6. The van der Waals surface area contributed by atoms with Gasteiger partial charge in [-0.3, -0.25) is 14.9 Å². The zero-order valence-electron chi connectivity index (χ0n) is 13.6. The number of anilines is 2. The van der Waals surface area contributed by atoms with Crippen LogP contribution < -0.4 is 16.0 Å². The number of fused-ring (bicyclic) bond motifs is 1. The molecule has 3 aromatic heterocycles. The summed E-state index contributed by atoms with van der Waals surface area (Å²) in [5.74, 6) is 1.07. The average molecular weight is 337 g/mol. The summed E-state index contributed by atoms with van der Waals surface area (Å²) in [6.07, 6.45) is 6.87. The first-order chi connectivity index (χ1) is 12.2. The Balaban J connectivity index is 1.53. The average Bonchev–Trinajstić information content (AvgIpc) is 3.05. The molecule has 0 spiro atoms. The second-order valence-electron chi connectivity index (χ2n) is 6.17. The lowest BCUT2D eigenvalue weighted by Gasteiger charge is -2.31. The molecule has 1 aliphatic heterocycles. The van der Waals surface area contributed by atoms with Crippen molar-refractivity contribution in [2.75, 3.05) is 23.3 Å². The minimum absolute atomic E-state index is 0.220. The van der Waals surface area contributed by atoms with E-state index in [0.29, 0.717) is 11.4 Å². The second kappa shape index (κ2) is 6.48. The minimum Gasteiger partial charge on any atom is -0.356 e. The summed E-state index contributed by atoms with van der Waals surface area (Å²) in [6, 6.07) is 5.57. The van der Waals surface area contributed by atoms with Gasteiger partial charge in [-0.05, 0) is 31.0 Å². The molecular formula is C17H19N7O. The highest BCUT2D eigenvalue weighted by Crippen LogP contribution is 2.21. The second-order valence-corrected chi connectivity index (χ2v) is 6.17. The highest BCUT2D eigenvalue weighted by atomic mass is 16.1. The van der Waals surface area contributed by atoms with Gasteiger partial charge >= 0.3 is 0 Å². The van der Waals surface area contributed by atoms with Crippen LogP contribution in [-0.2, 0) is 0 Å². The zero-order valence-corrected chi connectivity index (χ0v) is 13.6. The van der Waals surface area contributed by atoms with Crippen LogP contribution in [0.4, 0.5) is 11.6 Å². The van der Waals surface area contributed by atoms with Crippen LogP contribution >= 0.6 is 0 Å². The summed E-state index contributed by atoms with van der Waals surface area (Å²) in [7, 11) is 0. The lowest BCUT2D eigenvalue weighted by molar-refractivity contribution is 0.102. The van der Waals surface area contributed by atoms with Gasteiger partial charge in [0.25, 0.3) is 5.91 Å². The largest absolute Gasteiger partial charge is 0.356 e. The van der Waals surface area contributed by atoms with Crippen LogP contribution in [0.1, 0.15) is 23.2 Å². The first kappa shape index (κ1) is 15.5. The Morgan fingerprint density at radius 1 is 1.28 bits per heavy atom. The molecule has 1 aliphatic rings. The van der Waals surface area contributed by atoms with Crippen LogP contribution in [0, 0.1) is 0 Å². The summed E-state index contributed by atoms with van der Waals surface area (Å²) in [5.41, 5.74) is 7.27. The lowest BCUT2D eigenvalue weighted by atomic mass is 10.1. The highest BCUT2D eigenvalue weighted by Gasteiger charge is 2.19. The van der Waals surface area contributed by atoms with E-state index >= 15 is 0 Å². The topological polar surface area (TPSA) is 113 Å². The molecule has 8 nitrogen and oxygen atoms in total. The van der Waals surface area contributed by atoms with Crippen molar-refractivity contribution in [3.8, 4) is 0 Å². The molecule has 0 bridgehead atoms. The molecule has 25 heavy (non-hydrogen) atoms. The molecule has 4 heterocycles. The number of aromatic nitrogens is 4. The highest BCUT2D eigenvalue weighted by molar-refractivity contribution is 6.08. The van der Waals surface area contributed by atoms with Crippen LogP contribution in [0.15, 0.2) is 36.8 Å². The Kier molecular flexibility index (Phi) is 4.02. The van der Waals surface area contributed by atoms with E-state index in [2.05, 4.69) is 30.4 Å². The van der Waals surface area contributed by atoms with Gasteiger partial charge in [0.2, 0.25) is 0 Å². The molecule has 4 rings (SSSR count). The first-order valence-electron chi connectivity index (χ1n) is 8.27. The summed E-state index contributed by atoms with van der Waals surface area (Å²) in [5, 5.41) is 10.7. The number of carbonyl (C=O) groups is 1. The van der Waals surface area contributed by atoms with Crippen LogP contribution in [0.2, 0.25) is 0 Å². The number of carbonyl (C=O) groups excluding carboxylic acids is 1. The van der Waals surface area contributed by atoms with Crippen molar-refractivity contribution in [2.45, 2.75) is 18.9 Å². The number of hydrogen-bond acceptors (Lipinski definition) is 6. The molecule has 0 radical (unpaired) electrons. The predicted octanol–water partition coefficient (Wildman–Crippen LogP) is 1.53. The fourth-order valence-electron chi connectivity index (χ4n) is 3.00. The van der Waals surface area contributed by atoms with E-state index in [1.807, 2.05) is 12.1 Å². The molecule has 128 valence electrons. The number of nitrogens with zero attached hydrogens (tertiary/aromatic N) is 4. The molecule has 0 saturated carbocycles. The summed E-state index contributed by atoms with van der Waals surface area (Å²) < 4.78 is 0. The van der Waals surface area contributed by atoms with Crippen LogP contribution in [-0.4, -0.2) is 45.2 Å². The fraction of sp³-hybridized carbons (Fsp3) is 0.294. The van der Waals surface area contributed by atoms with Crippen molar-refractivity contribution in [3.63, 3.8) is 0 Å². The summed E-state index contributed by atoms with van der Waals surface area (Å²) >= 11 is 0. The lowest BCUT2D eigenvalue weighted by Crippen LogP contribution is -2.40. The molecule has 1 saturated heterocycles. The summed E-state index contributed by atoms with van der Waals surface area (Å²) in [6.45, 7) is 1.71. The molecule has 1 amide bonds. The molecule has 3 aromatic rings. The minimum atomic E-state index is -0.220. The van der Waals surface area contributed by atoms with E-state index in [0.717, 1.165) is 42.7 Å². The molecular weight excluding hydrogens is 318 g/mol. The number of nitrogens with two attached hydrogens (primary N) is 1. The van der Waals surface area contributed by atoms with E-state index in [-0.39, 0.29) is 11.9 Å². The van der Waals surface area contributed by atoms with Crippen molar-refractivity contribution in [1.82, 2.24) is 20.2 Å². The van der Waals surface area contributed by atoms with E-state index in [9.17, 15) is 4.79 Å². The SMILES string of the molecule is NC1CCN(c2cc(C(=O)Nc3n[nH]c4cnccc34)ccn2)CC1. The first-order valence-corrected chi connectivity index (χ1v) is 8.27. The zero-order chi connectivity index (χ0) is 17.2. The number of H-pyrrole nitrogens is 1. The van der Waals surface area contributed by atoms with Crippen molar-refractivity contribution < 1.29 is 4.79 Å². The van der Waals surface area contributed by atoms with Gasteiger partial charge in [-0.2, -0.15) is 5.10 Å². The number of rotatable bonds is 3. The number of amides is 1. The number of hydrogen-bond donors (Lipinski definition) is 3. The van der Waals surface area contributed by atoms with Crippen LogP contribution in [0.25, 0.3) is 10.9 Å². The van der Waals surface area contributed by atoms with Crippen molar-refractivity contribution in [3.05, 3.63) is 42.4 Å². The van der Waals surface area contributed by atoms with Gasteiger partial charge in [0.1, 0.15) is 5.82 Å². The number of nitrogens with one attached hydrogen (secondary N) is 2. The van der Waals surface area contributed by atoms with Gasteiger partial charge in [-0.15, -0.1) is 0 Å². The van der Waals surface area contributed by atoms with E-state index < -0.39 is 0 Å². The van der Waals surface area contributed by atoms with Crippen molar-refractivity contribution in [2.24, 2.45) is 5.73 Å². The fourth-order valence-corrected chi connectivity index (χ4v) is 3.00.